The zero-order valence-electron chi connectivity index (χ0n) is 25.7. The second-order valence-electron chi connectivity index (χ2n) is 11.1. The molecule has 0 radical (unpaired) electrons. The summed E-state index contributed by atoms with van der Waals surface area (Å²) in [6.07, 6.45) is 0.312. The summed E-state index contributed by atoms with van der Waals surface area (Å²) in [6, 6.07) is 24.0. The van der Waals surface area contributed by atoms with E-state index in [1.807, 2.05) is 73.7 Å². The van der Waals surface area contributed by atoms with Crippen LogP contribution in [0.2, 0.25) is 0 Å². The molecule has 1 aromatic heterocycles. The third-order valence-corrected chi connectivity index (χ3v) is 7.54. The highest BCUT2D eigenvalue weighted by molar-refractivity contribution is 6.39. The molecule has 0 bridgehead atoms. The smallest absolute Gasteiger partial charge is 0.271 e. The van der Waals surface area contributed by atoms with Crippen LogP contribution in [0, 0.1) is 0 Å². The van der Waals surface area contributed by atoms with Gasteiger partial charge in [-0.3, -0.25) is 9.59 Å². The Morgan fingerprint density at radius 1 is 0.956 bits per heavy atom. The van der Waals surface area contributed by atoms with Crippen molar-refractivity contribution in [1.82, 2.24) is 10.5 Å². The van der Waals surface area contributed by atoms with E-state index in [1.165, 1.54) is 0 Å². The Labute approximate surface area is 262 Å². The predicted octanol–water partition coefficient (Wildman–Crippen LogP) is 5.79. The van der Waals surface area contributed by atoms with Gasteiger partial charge in [-0.25, -0.2) is 0 Å². The van der Waals surface area contributed by atoms with Crippen LogP contribution in [0.3, 0.4) is 0 Å². The van der Waals surface area contributed by atoms with Gasteiger partial charge in [0.05, 0.1) is 5.56 Å². The van der Waals surface area contributed by atoms with Crippen LogP contribution < -0.4 is 20.5 Å². The van der Waals surface area contributed by atoms with E-state index in [-0.39, 0.29) is 29.7 Å². The number of benzene rings is 3. The number of rotatable bonds is 14. The van der Waals surface area contributed by atoms with Crippen molar-refractivity contribution in [3.63, 3.8) is 0 Å². The molecule has 3 N–H and O–H groups in total. The zero-order valence-corrected chi connectivity index (χ0v) is 25.7. The van der Waals surface area contributed by atoms with Crippen molar-refractivity contribution in [2.45, 2.75) is 65.3 Å². The molecular weight excluding hydrogens is 572 g/mol. The Bertz CT molecular complexity index is 1650. The minimum Gasteiger partial charge on any atom is -0.488 e. The number of nitrogens with two attached hydrogens (primary N) is 1. The van der Waals surface area contributed by atoms with Gasteiger partial charge in [0.1, 0.15) is 36.2 Å². The number of aromatic nitrogens is 1. The van der Waals surface area contributed by atoms with Gasteiger partial charge in [-0.05, 0) is 47.6 Å². The molecule has 0 spiro atoms. The highest BCUT2D eigenvalue weighted by Gasteiger charge is 2.35. The van der Waals surface area contributed by atoms with Gasteiger partial charge in [0.15, 0.2) is 11.8 Å². The van der Waals surface area contributed by atoms with Gasteiger partial charge in [-0.2, -0.15) is 0 Å². The molecule has 0 aliphatic carbocycles. The number of aryl methyl sites for hydroxylation is 2. The summed E-state index contributed by atoms with van der Waals surface area (Å²) in [7, 11) is 0. The number of hydrogen-bond acceptors (Lipinski definition) is 8. The first kappa shape index (κ1) is 31.3. The second kappa shape index (κ2) is 14.6. The van der Waals surface area contributed by atoms with Crippen LogP contribution in [0.5, 0.6) is 11.5 Å². The lowest BCUT2D eigenvalue weighted by molar-refractivity contribution is -0.114. The van der Waals surface area contributed by atoms with Crippen molar-refractivity contribution in [2.75, 3.05) is 6.54 Å². The standard InChI is InChI=1S/C35H38N4O6/c1-4-37-35(41)27-18-31(45-38-27)32-28(44-39-33(32)34(36)40)16-15-25-17-26(22(2)3)30(43-21-24-13-9-6-10-14-24)19-29(25)42-20-23-11-7-5-8-12-23/h5-14,17,19,22,31H,4,15-16,18,20-21H2,1-3H3,(H2,36,40)(H,37,41). The zero-order chi connectivity index (χ0) is 31.8. The molecule has 1 aliphatic heterocycles. The summed E-state index contributed by atoms with van der Waals surface area (Å²) in [6.45, 7) is 7.32. The van der Waals surface area contributed by atoms with Crippen LogP contribution in [-0.4, -0.2) is 29.2 Å². The van der Waals surface area contributed by atoms with Crippen molar-refractivity contribution in [3.05, 3.63) is 112 Å². The monoisotopic (exact) mass is 610 g/mol. The fourth-order valence-corrected chi connectivity index (χ4v) is 5.20. The first-order chi connectivity index (χ1) is 21.8. The van der Waals surface area contributed by atoms with Crippen molar-refractivity contribution in [1.29, 1.82) is 0 Å². The number of nitrogens with one attached hydrogen (secondary N) is 1. The fraction of sp³-hybridized carbons (Fsp3) is 0.314. The van der Waals surface area contributed by atoms with Crippen molar-refractivity contribution < 1.29 is 28.4 Å². The van der Waals surface area contributed by atoms with Gasteiger partial charge < -0.3 is 29.9 Å². The van der Waals surface area contributed by atoms with E-state index < -0.39 is 12.0 Å². The highest BCUT2D eigenvalue weighted by Crippen LogP contribution is 2.37. The minimum atomic E-state index is -0.746. The Hall–Kier alpha value is -5.12. The summed E-state index contributed by atoms with van der Waals surface area (Å²) in [5.41, 5.74) is 10.3. The Balaban J connectivity index is 1.42. The van der Waals surface area contributed by atoms with Crippen molar-refractivity contribution in [2.24, 2.45) is 10.9 Å². The van der Waals surface area contributed by atoms with Gasteiger partial charge >= 0.3 is 0 Å². The average Bonchev–Trinajstić information content (AvgIpc) is 3.71. The third kappa shape index (κ3) is 7.70. The van der Waals surface area contributed by atoms with Crippen molar-refractivity contribution >= 4 is 17.5 Å². The molecule has 2 heterocycles. The Morgan fingerprint density at radius 2 is 1.60 bits per heavy atom. The SMILES string of the molecule is CCNC(=O)C1=NOC(c2c(C(N)=O)noc2CCc2cc(C(C)C)c(OCc3ccccc3)cc2OCc2ccccc2)C1. The normalized spacial score (nSPS) is 14.1. The molecule has 5 rings (SSSR count). The number of primary amides is 1. The summed E-state index contributed by atoms with van der Waals surface area (Å²) >= 11 is 0. The van der Waals surface area contributed by atoms with Crippen LogP contribution in [0.4, 0.5) is 0 Å². The van der Waals surface area contributed by atoms with E-state index in [4.69, 9.17) is 24.6 Å². The summed E-state index contributed by atoms with van der Waals surface area (Å²) in [4.78, 5) is 30.2. The lowest BCUT2D eigenvalue weighted by Gasteiger charge is -2.20. The maximum atomic E-state index is 12.3. The molecule has 10 nitrogen and oxygen atoms in total. The molecule has 0 fully saturated rings. The summed E-state index contributed by atoms with van der Waals surface area (Å²) in [5, 5.41) is 10.6. The molecule has 3 aromatic carbocycles. The topological polar surface area (TPSA) is 138 Å². The molecule has 1 unspecified atom stereocenters. The van der Waals surface area contributed by atoms with Crippen molar-refractivity contribution in [3.8, 4) is 11.5 Å². The fourth-order valence-electron chi connectivity index (χ4n) is 5.20. The molecule has 0 saturated carbocycles. The molecule has 4 aromatic rings. The van der Waals surface area contributed by atoms with Crippen LogP contribution in [-0.2, 0) is 35.7 Å². The maximum Gasteiger partial charge on any atom is 0.271 e. The first-order valence-corrected chi connectivity index (χ1v) is 15.1. The molecule has 2 amide bonds. The quantitative estimate of drug-likeness (QED) is 0.184. The second-order valence-corrected chi connectivity index (χ2v) is 11.1. The van der Waals surface area contributed by atoms with E-state index in [9.17, 15) is 9.59 Å². The number of oxime groups is 1. The molecule has 0 saturated heterocycles. The molecular formula is C35H38N4O6. The third-order valence-electron chi connectivity index (χ3n) is 7.54. The van der Waals surface area contributed by atoms with E-state index in [2.05, 4.69) is 35.5 Å². The largest absolute Gasteiger partial charge is 0.488 e. The van der Waals surface area contributed by atoms with Crippen LogP contribution in [0.1, 0.15) is 83.3 Å². The molecule has 1 aliphatic rings. The van der Waals surface area contributed by atoms with Gasteiger partial charge in [-0.15, -0.1) is 0 Å². The summed E-state index contributed by atoms with van der Waals surface area (Å²) < 4.78 is 18.4. The highest BCUT2D eigenvalue weighted by atomic mass is 16.6. The van der Waals surface area contributed by atoms with Gasteiger partial charge in [0.2, 0.25) is 0 Å². The number of ether oxygens (including phenoxy) is 2. The number of carbonyl (C=O) groups is 2. The first-order valence-electron chi connectivity index (χ1n) is 15.1. The predicted molar refractivity (Wildman–Crippen MR) is 169 cm³/mol. The van der Waals surface area contributed by atoms with E-state index in [1.54, 1.807) is 0 Å². The Kier molecular flexibility index (Phi) is 10.1. The lowest BCUT2D eigenvalue weighted by Crippen LogP contribution is -2.30. The minimum absolute atomic E-state index is 0.0320. The van der Waals surface area contributed by atoms with E-state index in [0.717, 1.165) is 28.0 Å². The average molecular weight is 611 g/mol. The molecule has 1 atom stereocenters. The molecule has 10 heteroatoms. The number of hydrogen-bond donors (Lipinski definition) is 2. The van der Waals surface area contributed by atoms with Gasteiger partial charge in [-0.1, -0.05) is 84.8 Å². The number of amides is 2. The van der Waals surface area contributed by atoms with Crippen LogP contribution in [0.15, 0.2) is 82.5 Å². The van der Waals surface area contributed by atoms with E-state index in [0.29, 0.717) is 49.7 Å². The van der Waals surface area contributed by atoms with E-state index >= 15 is 0 Å². The molecule has 45 heavy (non-hydrogen) atoms. The maximum absolute atomic E-state index is 12.3. The summed E-state index contributed by atoms with van der Waals surface area (Å²) in [5.74, 6) is 0.980. The number of nitrogens with zero attached hydrogens (tertiary/aromatic N) is 2. The number of carbonyl (C=O) groups excluding carboxylic acids is 2. The van der Waals surface area contributed by atoms with Gasteiger partial charge in [0, 0.05) is 25.5 Å². The molecule has 234 valence electrons. The Morgan fingerprint density at radius 3 is 2.20 bits per heavy atom. The van der Waals surface area contributed by atoms with Gasteiger partial charge in [0.25, 0.3) is 11.8 Å². The van der Waals surface area contributed by atoms with Crippen LogP contribution in [0.25, 0.3) is 0 Å². The lowest BCUT2D eigenvalue weighted by atomic mass is 9.94. The van der Waals surface area contributed by atoms with Crippen LogP contribution >= 0.6 is 0 Å².